The topological polar surface area (TPSA) is 69.6 Å². The molecule has 6 heteroatoms. The molecule has 0 fully saturated rings. The van der Waals surface area contributed by atoms with Crippen molar-refractivity contribution in [1.82, 2.24) is 4.90 Å². The fourth-order valence-electron chi connectivity index (χ4n) is 1.75. The molecule has 110 valence electrons. The SMILES string of the molecule is CCC(C)N(CC(=O)O)CC(=O)Nc1cccc(Cl)c1. The van der Waals surface area contributed by atoms with Crippen LogP contribution in [0.4, 0.5) is 5.69 Å². The maximum Gasteiger partial charge on any atom is 0.317 e. The quantitative estimate of drug-likeness (QED) is 0.811. The summed E-state index contributed by atoms with van der Waals surface area (Å²) in [6.07, 6.45) is 0.776. The molecule has 0 aliphatic carbocycles. The summed E-state index contributed by atoms with van der Waals surface area (Å²) in [6.45, 7) is 3.73. The Kier molecular flexibility index (Phi) is 6.48. The van der Waals surface area contributed by atoms with E-state index in [9.17, 15) is 9.59 Å². The van der Waals surface area contributed by atoms with Crippen LogP contribution in [0.2, 0.25) is 5.02 Å². The van der Waals surface area contributed by atoms with Crippen molar-refractivity contribution < 1.29 is 14.7 Å². The first-order chi connectivity index (χ1) is 9.42. The first kappa shape index (κ1) is 16.5. The van der Waals surface area contributed by atoms with Crippen molar-refractivity contribution in [2.45, 2.75) is 26.3 Å². The average molecular weight is 299 g/mol. The van der Waals surface area contributed by atoms with Gasteiger partial charge < -0.3 is 10.4 Å². The summed E-state index contributed by atoms with van der Waals surface area (Å²) in [4.78, 5) is 24.4. The number of amides is 1. The molecule has 1 rings (SSSR count). The van der Waals surface area contributed by atoms with Crippen LogP contribution in [-0.4, -0.2) is 41.0 Å². The van der Waals surface area contributed by atoms with Crippen molar-refractivity contribution >= 4 is 29.2 Å². The molecule has 0 aliphatic rings. The number of carboxylic acids is 1. The molecule has 1 unspecified atom stereocenters. The van der Waals surface area contributed by atoms with Crippen LogP contribution in [0, 0.1) is 0 Å². The lowest BCUT2D eigenvalue weighted by molar-refractivity contribution is -0.139. The monoisotopic (exact) mass is 298 g/mol. The number of hydrogen-bond donors (Lipinski definition) is 2. The number of rotatable bonds is 7. The second kappa shape index (κ2) is 7.87. The molecule has 0 aromatic heterocycles. The van der Waals surface area contributed by atoms with E-state index in [1.807, 2.05) is 13.8 Å². The van der Waals surface area contributed by atoms with Gasteiger partial charge in [0, 0.05) is 16.8 Å². The molecule has 0 saturated carbocycles. The van der Waals surface area contributed by atoms with Gasteiger partial charge in [-0.25, -0.2) is 0 Å². The Morgan fingerprint density at radius 1 is 1.40 bits per heavy atom. The number of nitrogens with zero attached hydrogens (tertiary/aromatic N) is 1. The number of aliphatic carboxylic acids is 1. The lowest BCUT2D eigenvalue weighted by Gasteiger charge is -2.25. The first-order valence-electron chi connectivity index (χ1n) is 6.43. The lowest BCUT2D eigenvalue weighted by atomic mass is 10.2. The minimum absolute atomic E-state index is 0.0243. The number of anilines is 1. The molecule has 0 aliphatic heterocycles. The van der Waals surface area contributed by atoms with Gasteiger partial charge in [0.15, 0.2) is 0 Å². The van der Waals surface area contributed by atoms with E-state index in [0.717, 1.165) is 6.42 Å². The maximum absolute atomic E-state index is 11.9. The van der Waals surface area contributed by atoms with Crippen LogP contribution in [0.5, 0.6) is 0 Å². The third-order valence-electron chi connectivity index (χ3n) is 3.01. The maximum atomic E-state index is 11.9. The smallest absolute Gasteiger partial charge is 0.317 e. The van der Waals surface area contributed by atoms with E-state index in [0.29, 0.717) is 10.7 Å². The molecule has 0 saturated heterocycles. The molecule has 1 aromatic rings. The van der Waals surface area contributed by atoms with E-state index in [1.165, 1.54) is 0 Å². The van der Waals surface area contributed by atoms with Gasteiger partial charge in [0.05, 0.1) is 13.1 Å². The van der Waals surface area contributed by atoms with E-state index < -0.39 is 5.97 Å². The highest BCUT2D eigenvalue weighted by molar-refractivity contribution is 6.30. The lowest BCUT2D eigenvalue weighted by Crippen LogP contribution is -2.42. The van der Waals surface area contributed by atoms with Gasteiger partial charge in [-0.1, -0.05) is 24.6 Å². The van der Waals surface area contributed by atoms with Crippen LogP contribution < -0.4 is 5.32 Å². The minimum Gasteiger partial charge on any atom is -0.480 e. The summed E-state index contributed by atoms with van der Waals surface area (Å²) in [5.74, 6) is -1.20. The Hall–Kier alpha value is -1.59. The average Bonchev–Trinajstić information content (AvgIpc) is 2.36. The molecule has 5 nitrogen and oxygen atoms in total. The van der Waals surface area contributed by atoms with Crippen LogP contribution in [-0.2, 0) is 9.59 Å². The summed E-state index contributed by atoms with van der Waals surface area (Å²) in [7, 11) is 0. The standard InChI is InChI=1S/C14H19ClN2O3/c1-3-10(2)17(9-14(19)20)8-13(18)16-12-6-4-5-11(15)7-12/h4-7,10H,3,8-9H2,1-2H3,(H,16,18)(H,19,20). The van der Waals surface area contributed by atoms with Crippen molar-refractivity contribution in [2.75, 3.05) is 18.4 Å². The van der Waals surface area contributed by atoms with Gasteiger partial charge >= 0.3 is 5.97 Å². The summed E-state index contributed by atoms with van der Waals surface area (Å²) in [6, 6.07) is 6.85. The zero-order valence-corrected chi connectivity index (χ0v) is 12.4. The third kappa shape index (κ3) is 5.59. The Morgan fingerprint density at radius 3 is 2.65 bits per heavy atom. The van der Waals surface area contributed by atoms with Gasteiger partial charge in [0.25, 0.3) is 0 Å². The number of hydrogen-bond acceptors (Lipinski definition) is 3. The van der Waals surface area contributed by atoms with Crippen LogP contribution >= 0.6 is 11.6 Å². The largest absolute Gasteiger partial charge is 0.480 e. The Morgan fingerprint density at radius 2 is 2.10 bits per heavy atom. The number of halogens is 1. The van der Waals surface area contributed by atoms with Gasteiger partial charge in [-0.05, 0) is 31.5 Å². The highest BCUT2D eigenvalue weighted by Gasteiger charge is 2.18. The fourth-order valence-corrected chi connectivity index (χ4v) is 1.94. The van der Waals surface area contributed by atoms with Gasteiger partial charge in [-0.3, -0.25) is 14.5 Å². The first-order valence-corrected chi connectivity index (χ1v) is 6.81. The zero-order valence-electron chi connectivity index (χ0n) is 11.6. The predicted molar refractivity (Wildman–Crippen MR) is 79.0 cm³/mol. The molecule has 20 heavy (non-hydrogen) atoms. The molecule has 1 amide bonds. The van der Waals surface area contributed by atoms with E-state index in [2.05, 4.69) is 5.32 Å². The van der Waals surface area contributed by atoms with E-state index in [-0.39, 0.29) is 25.0 Å². The summed E-state index contributed by atoms with van der Waals surface area (Å²) >= 11 is 5.84. The number of benzene rings is 1. The van der Waals surface area contributed by atoms with Crippen molar-refractivity contribution in [3.8, 4) is 0 Å². The van der Waals surface area contributed by atoms with Gasteiger partial charge in [-0.2, -0.15) is 0 Å². The molecule has 1 aromatic carbocycles. The van der Waals surface area contributed by atoms with Crippen LogP contribution in [0.1, 0.15) is 20.3 Å². The van der Waals surface area contributed by atoms with Crippen molar-refractivity contribution in [1.29, 1.82) is 0 Å². The van der Waals surface area contributed by atoms with Crippen LogP contribution in [0.3, 0.4) is 0 Å². The van der Waals surface area contributed by atoms with E-state index in [4.69, 9.17) is 16.7 Å². The van der Waals surface area contributed by atoms with E-state index >= 15 is 0 Å². The Balaban J connectivity index is 2.63. The van der Waals surface area contributed by atoms with Gasteiger partial charge in [0.1, 0.15) is 0 Å². The van der Waals surface area contributed by atoms with E-state index in [1.54, 1.807) is 29.2 Å². The molecular formula is C14H19ClN2O3. The highest BCUT2D eigenvalue weighted by atomic mass is 35.5. The summed E-state index contributed by atoms with van der Waals surface area (Å²) in [5, 5.41) is 12.1. The molecule has 0 spiro atoms. The molecule has 0 radical (unpaired) electrons. The summed E-state index contributed by atoms with van der Waals surface area (Å²) in [5.41, 5.74) is 0.599. The van der Waals surface area contributed by atoms with Crippen LogP contribution in [0.15, 0.2) is 24.3 Å². The number of carboxylic acid groups (broad SMARTS) is 1. The number of carbonyl (C=O) groups is 2. The second-order valence-corrected chi connectivity index (χ2v) is 5.05. The van der Waals surface area contributed by atoms with Crippen molar-refractivity contribution in [3.63, 3.8) is 0 Å². The molecular weight excluding hydrogens is 280 g/mol. The third-order valence-corrected chi connectivity index (χ3v) is 3.24. The summed E-state index contributed by atoms with van der Waals surface area (Å²) < 4.78 is 0. The van der Waals surface area contributed by atoms with Gasteiger partial charge in [0.2, 0.25) is 5.91 Å². The Labute approximate surface area is 123 Å². The zero-order chi connectivity index (χ0) is 15.1. The normalized spacial score (nSPS) is 12.2. The minimum atomic E-state index is -0.944. The van der Waals surface area contributed by atoms with Crippen molar-refractivity contribution in [3.05, 3.63) is 29.3 Å². The highest BCUT2D eigenvalue weighted by Crippen LogP contribution is 2.15. The fraction of sp³-hybridized carbons (Fsp3) is 0.429. The number of nitrogens with one attached hydrogen (secondary N) is 1. The molecule has 0 bridgehead atoms. The predicted octanol–water partition coefficient (Wildman–Crippen LogP) is 2.46. The van der Waals surface area contributed by atoms with Crippen LogP contribution in [0.25, 0.3) is 0 Å². The Bertz CT molecular complexity index is 479. The molecule has 0 heterocycles. The molecule has 2 N–H and O–H groups in total. The number of carbonyl (C=O) groups excluding carboxylic acids is 1. The van der Waals surface area contributed by atoms with Gasteiger partial charge in [-0.15, -0.1) is 0 Å². The second-order valence-electron chi connectivity index (χ2n) is 4.61. The molecule has 1 atom stereocenters. The van der Waals surface area contributed by atoms with Crippen molar-refractivity contribution in [2.24, 2.45) is 0 Å².